The molecule has 2 aromatic rings. The predicted molar refractivity (Wildman–Crippen MR) is 73.4 cm³/mol. The lowest BCUT2D eigenvalue weighted by Gasteiger charge is -2.09. The Bertz CT molecular complexity index is 561. The van der Waals surface area contributed by atoms with E-state index in [-0.39, 0.29) is 12.4 Å². The van der Waals surface area contributed by atoms with Gasteiger partial charge in [-0.3, -0.25) is 4.79 Å². The zero-order chi connectivity index (χ0) is 13.7. The van der Waals surface area contributed by atoms with E-state index in [0.717, 1.165) is 22.6 Å². The second kappa shape index (κ2) is 6.05. The monoisotopic (exact) mass is 256 g/mol. The number of carbonyl (C=O) groups excluding carboxylic acids is 1. The van der Waals surface area contributed by atoms with Gasteiger partial charge in [0.2, 0.25) is 0 Å². The zero-order valence-corrected chi connectivity index (χ0v) is 11.1. The van der Waals surface area contributed by atoms with Gasteiger partial charge < -0.3 is 9.47 Å². The van der Waals surface area contributed by atoms with E-state index in [4.69, 9.17) is 4.74 Å². The summed E-state index contributed by atoms with van der Waals surface area (Å²) < 4.78 is 10.4. The Morgan fingerprint density at radius 3 is 2.42 bits per heavy atom. The number of aryl methyl sites for hydroxylation is 1. The molecule has 0 radical (unpaired) electrons. The van der Waals surface area contributed by atoms with Crippen molar-refractivity contribution in [3.63, 3.8) is 0 Å². The van der Waals surface area contributed by atoms with Gasteiger partial charge in [0.25, 0.3) is 0 Å². The van der Waals surface area contributed by atoms with Gasteiger partial charge in [0.1, 0.15) is 11.5 Å². The van der Waals surface area contributed by atoms with Crippen molar-refractivity contribution in [1.29, 1.82) is 0 Å². The summed E-state index contributed by atoms with van der Waals surface area (Å²) in [6.07, 6.45) is 0.286. The molecule has 19 heavy (non-hydrogen) atoms. The number of rotatable bonds is 4. The Morgan fingerprint density at radius 1 is 1.05 bits per heavy atom. The van der Waals surface area contributed by atoms with Crippen LogP contribution in [0.2, 0.25) is 0 Å². The topological polar surface area (TPSA) is 35.5 Å². The fourth-order valence-electron chi connectivity index (χ4n) is 1.78. The van der Waals surface area contributed by atoms with Crippen molar-refractivity contribution in [2.45, 2.75) is 13.3 Å². The highest BCUT2D eigenvalue weighted by molar-refractivity contribution is 5.73. The number of hydrogen-bond acceptors (Lipinski definition) is 3. The lowest BCUT2D eigenvalue weighted by molar-refractivity contribution is -0.139. The van der Waals surface area contributed by atoms with Crippen LogP contribution in [0.1, 0.15) is 11.1 Å². The van der Waals surface area contributed by atoms with Crippen LogP contribution in [0.15, 0.2) is 48.5 Å². The lowest BCUT2D eigenvalue weighted by atomic mass is 10.1. The molecule has 98 valence electrons. The molecule has 2 rings (SSSR count). The Morgan fingerprint density at radius 2 is 1.79 bits per heavy atom. The maximum absolute atomic E-state index is 11.3. The van der Waals surface area contributed by atoms with Crippen molar-refractivity contribution in [1.82, 2.24) is 0 Å². The van der Waals surface area contributed by atoms with Crippen LogP contribution in [0.25, 0.3) is 0 Å². The van der Waals surface area contributed by atoms with Crippen LogP contribution >= 0.6 is 0 Å². The van der Waals surface area contributed by atoms with Crippen molar-refractivity contribution in [2.24, 2.45) is 0 Å². The van der Waals surface area contributed by atoms with Gasteiger partial charge in [-0.15, -0.1) is 0 Å². The van der Waals surface area contributed by atoms with Gasteiger partial charge in [-0.1, -0.05) is 24.3 Å². The van der Waals surface area contributed by atoms with E-state index in [9.17, 15) is 4.79 Å². The highest BCUT2D eigenvalue weighted by atomic mass is 16.5. The molecule has 3 heteroatoms. The van der Waals surface area contributed by atoms with Crippen LogP contribution in [0.4, 0.5) is 0 Å². The van der Waals surface area contributed by atoms with Crippen LogP contribution in [0, 0.1) is 6.92 Å². The van der Waals surface area contributed by atoms with Crippen LogP contribution in [-0.4, -0.2) is 13.1 Å². The standard InChI is InChI=1S/C16H16O3/c1-12-10-15(19-14-6-4-3-5-7-14)9-8-13(12)11-16(17)18-2/h3-10H,11H2,1-2H3. The number of para-hydroxylation sites is 1. The maximum atomic E-state index is 11.3. The van der Waals surface area contributed by atoms with E-state index >= 15 is 0 Å². The minimum absolute atomic E-state index is 0.236. The number of benzene rings is 2. The van der Waals surface area contributed by atoms with Crippen LogP contribution in [-0.2, 0) is 16.0 Å². The largest absolute Gasteiger partial charge is 0.469 e. The Balaban J connectivity index is 2.13. The minimum Gasteiger partial charge on any atom is -0.469 e. The molecule has 0 bridgehead atoms. The van der Waals surface area contributed by atoms with Crippen LogP contribution < -0.4 is 4.74 Å². The summed E-state index contributed by atoms with van der Waals surface area (Å²) in [4.78, 5) is 11.3. The molecule has 0 saturated carbocycles. The molecule has 0 spiro atoms. The number of hydrogen-bond donors (Lipinski definition) is 0. The smallest absolute Gasteiger partial charge is 0.309 e. The third-order valence-corrected chi connectivity index (χ3v) is 2.86. The van der Waals surface area contributed by atoms with E-state index in [1.807, 2.05) is 55.5 Å². The normalized spacial score (nSPS) is 10.0. The number of ether oxygens (including phenoxy) is 2. The summed E-state index contributed by atoms with van der Waals surface area (Å²) in [5.74, 6) is 1.32. The second-order valence-corrected chi connectivity index (χ2v) is 4.26. The summed E-state index contributed by atoms with van der Waals surface area (Å²) in [7, 11) is 1.39. The molecule has 3 nitrogen and oxygen atoms in total. The summed E-state index contributed by atoms with van der Waals surface area (Å²) in [5.41, 5.74) is 1.96. The molecule has 0 aromatic heterocycles. The molecular weight excluding hydrogens is 240 g/mol. The molecule has 0 aliphatic carbocycles. The first-order chi connectivity index (χ1) is 9.19. The summed E-state index contributed by atoms with van der Waals surface area (Å²) in [5, 5.41) is 0. The summed E-state index contributed by atoms with van der Waals surface area (Å²) in [6.45, 7) is 1.95. The number of carbonyl (C=O) groups is 1. The van der Waals surface area contributed by atoms with Gasteiger partial charge in [0, 0.05) is 0 Å². The third-order valence-electron chi connectivity index (χ3n) is 2.86. The van der Waals surface area contributed by atoms with Gasteiger partial charge >= 0.3 is 5.97 Å². The zero-order valence-electron chi connectivity index (χ0n) is 11.1. The second-order valence-electron chi connectivity index (χ2n) is 4.26. The van der Waals surface area contributed by atoms with Crippen molar-refractivity contribution >= 4 is 5.97 Å². The molecule has 2 aromatic carbocycles. The summed E-state index contributed by atoms with van der Waals surface area (Å²) in [6, 6.07) is 15.3. The maximum Gasteiger partial charge on any atom is 0.309 e. The predicted octanol–water partition coefficient (Wildman–Crippen LogP) is 3.50. The molecule has 0 saturated heterocycles. The van der Waals surface area contributed by atoms with Crippen molar-refractivity contribution in [3.8, 4) is 11.5 Å². The number of esters is 1. The average molecular weight is 256 g/mol. The van der Waals surface area contributed by atoms with E-state index < -0.39 is 0 Å². The van der Waals surface area contributed by atoms with E-state index in [1.54, 1.807) is 0 Å². The molecule has 0 unspecified atom stereocenters. The van der Waals surface area contributed by atoms with Crippen molar-refractivity contribution in [2.75, 3.05) is 7.11 Å². The van der Waals surface area contributed by atoms with Crippen LogP contribution in [0.5, 0.6) is 11.5 Å². The van der Waals surface area contributed by atoms with Gasteiger partial charge in [0.05, 0.1) is 13.5 Å². The SMILES string of the molecule is COC(=O)Cc1ccc(Oc2ccccc2)cc1C. The number of methoxy groups -OCH3 is 1. The Hall–Kier alpha value is -2.29. The van der Waals surface area contributed by atoms with Crippen LogP contribution in [0.3, 0.4) is 0 Å². The minimum atomic E-state index is -0.236. The highest BCUT2D eigenvalue weighted by Gasteiger charge is 2.07. The van der Waals surface area contributed by atoms with Crippen molar-refractivity contribution in [3.05, 3.63) is 59.7 Å². The third kappa shape index (κ3) is 3.58. The first-order valence-corrected chi connectivity index (χ1v) is 6.08. The molecule has 0 amide bonds. The fraction of sp³-hybridized carbons (Fsp3) is 0.188. The molecule has 0 atom stereocenters. The Labute approximate surface area is 112 Å². The van der Waals surface area contributed by atoms with Gasteiger partial charge in [0.15, 0.2) is 0 Å². The average Bonchev–Trinajstić information content (AvgIpc) is 2.43. The molecule has 0 fully saturated rings. The lowest BCUT2D eigenvalue weighted by Crippen LogP contribution is -2.05. The summed E-state index contributed by atoms with van der Waals surface area (Å²) >= 11 is 0. The molecule has 0 aliphatic rings. The quantitative estimate of drug-likeness (QED) is 0.785. The van der Waals surface area contributed by atoms with Crippen molar-refractivity contribution < 1.29 is 14.3 Å². The first-order valence-electron chi connectivity index (χ1n) is 6.08. The molecule has 0 N–H and O–H groups in total. The Kier molecular flexibility index (Phi) is 4.18. The molecule has 0 aliphatic heterocycles. The van der Waals surface area contributed by atoms with Gasteiger partial charge in [-0.05, 0) is 42.3 Å². The molecular formula is C16H16O3. The van der Waals surface area contributed by atoms with E-state index in [1.165, 1.54) is 7.11 Å². The van der Waals surface area contributed by atoms with E-state index in [0.29, 0.717) is 0 Å². The van der Waals surface area contributed by atoms with Gasteiger partial charge in [-0.2, -0.15) is 0 Å². The fourth-order valence-corrected chi connectivity index (χ4v) is 1.78. The molecule has 0 heterocycles. The van der Waals surface area contributed by atoms with Gasteiger partial charge in [-0.25, -0.2) is 0 Å². The first kappa shape index (κ1) is 13.1. The van der Waals surface area contributed by atoms with E-state index in [2.05, 4.69) is 4.74 Å². The highest BCUT2D eigenvalue weighted by Crippen LogP contribution is 2.23.